The van der Waals surface area contributed by atoms with Crippen molar-refractivity contribution in [2.75, 3.05) is 7.05 Å². The van der Waals surface area contributed by atoms with E-state index in [9.17, 15) is 9.59 Å². The molecular formula is C21H23N3O3. The maximum Gasteiger partial charge on any atom is 0.324 e. The van der Waals surface area contributed by atoms with Crippen LogP contribution in [-0.4, -0.2) is 28.9 Å². The second kappa shape index (κ2) is 6.68. The van der Waals surface area contributed by atoms with Crippen molar-refractivity contribution in [1.82, 2.24) is 15.2 Å². The average Bonchev–Trinajstić information content (AvgIpc) is 3.47. The summed E-state index contributed by atoms with van der Waals surface area (Å²) >= 11 is 0. The largest absolute Gasteiger partial charge is 0.439 e. The van der Waals surface area contributed by atoms with E-state index in [1.54, 1.807) is 18.1 Å². The van der Waals surface area contributed by atoms with Gasteiger partial charge < -0.3 is 9.64 Å². The predicted molar refractivity (Wildman–Crippen MR) is 101 cm³/mol. The van der Waals surface area contributed by atoms with E-state index >= 15 is 0 Å². The Labute approximate surface area is 158 Å². The summed E-state index contributed by atoms with van der Waals surface area (Å²) in [6.07, 6.45) is 4.25. The Balaban J connectivity index is 1.58. The number of nitrogens with one attached hydrogen (secondary N) is 1. The number of carbonyl (C=O) groups excluding carboxylic acids is 2. The molecule has 1 aliphatic heterocycles. The lowest BCUT2D eigenvalue weighted by molar-refractivity contribution is -0.127. The maximum atomic E-state index is 12.1. The van der Waals surface area contributed by atoms with Gasteiger partial charge in [-0.15, -0.1) is 0 Å². The van der Waals surface area contributed by atoms with Crippen LogP contribution in [0.2, 0.25) is 0 Å². The Bertz CT molecular complexity index is 887. The number of ether oxygens (including phenoxy) is 1. The summed E-state index contributed by atoms with van der Waals surface area (Å²) in [6.45, 7) is 3.80. The SMILES string of the molecule is Cc1cc(Oc2cc(C3CC3)ccn2)ccc1C1C(C)C(=O)NC(=O)N1C. The minimum absolute atomic E-state index is 0.246. The third kappa shape index (κ3) is 3.39. The van der Waals surface area contributed by atoms with Crippen molar-refractivity contribution in [2.24, 2.45) is 5.92 Å². The van der Waals surface area contributed by atoms with Gasteiger partial charge in [-0.25, -0.2) is 9.78 Å². The van der Waals surface area contributed by atoms with Crippen molar-refractivity contribution >= 4 is 11.9 Å². The van der Waals surface area contributed by atoms with E-state index in [0.29, 0.717) is 17.5 Å². The summed E-state index contributed by atoms with van der Waals surface area (Å²) in [5.41, 5.74) is 3.19. The van der Waals surface area contributed by atoms with E-state index in [1.165, 1.54) is 18.4 Å². The lowest BCUT2D eigenvalue weighted by Crippen LogP contribution is -2.53. The molecule has 1 N–H and O–H groups in total. The highest BCUT2D eigenvalue weighted by molar-refractivity contribution is 5.98. The molecule has 2 unspecified atom stereocenters. The van der Waals surface area contributed by atoms with Crippen LogP contribution in [0.3, 0.4) is 0 Å². The molecule has 140 valence electrons. The lowest BCUT2D eigenvalue weighted by Gasteiger charge is -2.37. The van der Waals surface area contributed by atoms with Crippen LogP contribution in [0.15, 0.2) is 36.5 Å². The second-order valence-electron chi connectivity index (χ2n) is 7.46. The van der Waals surface area contributed by atoms with Crippen LogP contribution in [0, 0.1) is 12.8 Å². The zero-order valence-corrected chi connectivity index (χ0v) is 15.7. The van der Waals surface area contributed by atoms with Crippen LogP contribution in [0.25, 0.3) is 0 Å². The minimum Gasteiger partial charge on any atom is -0.439 e. The maximum absolute atomic E-state index is 12.1. The molecule has 6 heteroatoms. The van der Waals surface area contributed by atoms with E-state index in [-0.39, 0.29) is 23.9 Å². The number of rotatable bonds is 4. The highest BCUT2D eigenvalue weighted by atomic mass is 16.5. The first kappa shape index (κ1) is 17.5. The van der Waals surface area contributed by atoms with Gasteiger partial charge in [-0.2, -0.15) is 0 Å². The van der Waals surface area contributed by atoms with Crippen LogP contribution in [0.1, 0.15) is 48.4 Å². The van der Waals surface area contributed by atoms with E-state index < -0.39 is 0 Å². The zero-order valence-electron chi connectivity index (χ0n) is 15.7. The van der Waals surface area contributed by atoms with Crippen LogP contribution in [-0.2, 0) is 4.79 Å². The molecule has 2 aliphatic rings. The molecule has 2 heterocycles. The van der Waals surface area contributed by atoms with Crippen LogP contribution in [0.4, 0.5) is 4.79 Å². The van der Waals surface area contributed by atoms with Crippen molar-refractivity contribution in [3.05, 3.63) is 53.2 Å². The molecule has 4 rings (SSSR count). The normalized spacial score (nSPS) is 22.6. The third-order valence-electron chi connectivity index (χ3n) is 5.44. The molecule has 1 aromatic carbocycles. The minimum atomic E-state index is -0.371. The Morgan fingerprint density at radius 1 is 1.19 bits per heavy atom. The number of nitrogens with zero attached hydrogens (tertiary/aromatic N) is 2. The Morgan fingerprint density at radius 3 is 2.67 bits per heavy atom. The Morgan fingerprint density at radius 2 is 1.96 bits per heavy atom. The van der Waals surface area contributed by atoms with Gasteiger partial charge in [0.15, 0.2) is 0 Å². The van der Waals surface area contributed by atoms with Crippen LogP contribution >= 0.6 is 0 Å². The van der Waals surface area contributed by atoms with Crippen molar-refractivity contribution < 1.29 is 14.3 Å². The standard InChI is InChI=1S/C21H23N3O3/c1-12-10-16(27-18-11-15(8-9-22-18)14-4-5-14)6-7-17(12)19-13(2)20(25)23-21(26)24(19)3/h6-11,13-14,19H,4-5H2,1-3H3,(H,23,25,26). The van der Waals surface area contributed by atoms with Crippen molar-refractivity contribution in [3.63, 3.8) is 0 Å². The van der Waals surface area contributed by atoms with E-state index in [2.05, 4.69) is 10.3 Å². The third-order valence-corrected chi connectivity index (χ3v) is 5.44. The molecule has 6 nitrogen and oxygen atoms in total. The van der Waals surface area contributed by atoms with Crippen LogP contribution in [0.5, 0.6) is 11.6 Å². The van der Waals surface area contributed by atoms with Crippen molar-refractivity contribution in [3.8, 4) is 11.6 Å². The number of urea groups is 1. The first-order chi connectivity index (χ1) is 12.9. The van der Waals surface area contributed by atoms with Crippen molar-refractivity contribution in [1.29, 1.82) is 0 Å². The fourth-order valence-corrected chi connectivity index (χ4v) is 3.71. The molecule has 2 aromatic rings. The molecule has 0 radical (unpaired) electrons. The van der Waals surface area contributed by atoms with E-state index in [4.69, 9.17) is 4.74 Å². The summed E-state index contributed by atoms with van der Waals surface area (Å²) in [6, 6.07) is 9.10. The molecule has 2 atom stereocenters. The van der Waals surface area contributed by atoms with E-state index in [1.807, 2.05) is 44.2 Å². The Kier molecular flexibility index (Phi) is 4.34. The van der Waals surface area contributed by atoms with E-state index in [0.717, 1.165) is 11.1 Å². The fraction of sp³-hybridized carbons (Fsp3) is 0.381. The van der Waals surface area contributed by atoms with Gasteiger partial charge in [0.2, 0.25) is 11.8 Å². The highest BCUT2D eigenvalue weighted by Crippen LogP contribution is 2.41. The number of benzene rings is 1. The Hall–Kier alpha value is -2.89. The van der Waals surface area contributed by atoms with Gasteiger partial charge in [0.05, 0.1) is 12.0 Å². The first-order valence-corrected chi connectivity index (χ1v) is 9.26. The summed E-state index contributed by atoms with van der Waals surface area (Å²) in [4.78, 5) is 29.9. The van der Waals surface area contributed by atoms with Gasteiger partial charge in [-0.1, -0.05) is 13.0 Å². The summed E-state index contributed by atoms with van der Waals surface area (Å²) in [5, 5.41) is 2.38. The molecule has 1 aliphatic carbocycles. The molecule has 1 saturated carbocycles. The van der Waals surface area contributed by atoms with Crippen molar-refractivity contribution in [2.45, 2.75) is 38.6 Å². The van der Waals surface area contributed by atoms with Gasteiger partial charge in [0.1, 0.15) is 5.75 Å². The van der Waals surface area contributed by atoms with Gasteiger partial charge in [-0.05, 0) is 60.6 Å². The summed E-state index contributed by atoms with van der Waals surface area (Å²) < 4.78 is 5.95. The number of hydrogen-bond acceptors (Lipinski definition) is 4. The number of aromatic nitrogens is 1. The molecule has 27 heavy (non-hydrogen) atoms. The summed E-state index contributed by atoms with van der Waals surface area (Å²) in [5.74, 6) is 1.35. The average molecular weight is 365 g/mol. The van der Waals surface area contributed by atoms with Gasteiger partial charge in [-0.3, -0.25) is 10.1 Å². The summed E-state index contributed by atoms with van der Waals surface area (Å²) in [7, 11) is 1.71. The lowest BCUT2D eigenvalue weighted by atomic mass is 9.88. The number of pyridine rings is 1. The van der Waals surface area contributed by atoms with Gasteiger partial charge in [0.25, 0.3) is 0 Å². The molecule has 1 saturated heterocycles. The quantitative estimate of drug-likeness (QED) is 0.891. The second-order valence-corrected chi connectivity index (χ2v) is 7.46. The number of amides is 3. The molecule has 3 amide bonds. The fourth-order valence-electron chi connectivity index (χ4n) is 3.71. The smallest absolute Gasteiger partial charge is 0.324 e. The predicted octanol–water partition coefficient (Wildman–Crippen LogP) is 3.92. The molecule has 0 spiro atoms. The number of carbonyl (C=O) groups is 2. The molecule has 2 fully saturated rings. The monoisotopic (exact) mass is 365 g/mol. The first-order valence-electron chi connectivity index (χ1n) is 9.26. The van der Waals surface area contributed by atoms with Gasteiger partial charge in [0, 0.05) is 19.3 Å². The number of imide groups is 1. The number of hydrogen-bond donors (Lipinski definition) is 1. The van der Waals surface area contributed by atoms with Gasteiger partial charge >= 0.3 is 6.03 Å². The zero-order chi connectivity index (χ0) is 19.1. The topological polar surface area (TPSA) is 71.5 Å². The molecule has 1 aromatic heterocycles. The van der Waals surface area contributed by atoms with Crippen LogP contribution < -0.4 is 10.1 Å². The molecule has 0 bridgehead atoms. The molecular weight excluding hydrogens is 342 g/mol. The number of aryl methyl sites for hydroxylation is 1. The highest BCUT2D eigenvalue weighted by Gasteiger charge is 2.38.